The maximum atomic E-state index is 12.4. The van der Waals surface area contributed by atoms with Gasteiger partial charge < -0.3 is 5.73 Å². The molecule has 1 atom stereocenters. The Kier molecular flexibility index (Phi) is 3.71. The Morgan fingerprint density at radius 2 is 1.88 bits per heavy atom. The minimum Gasteiger partial charge on any atom is -0.320 e. The number of hydrogen-bond acceptors (Lipinski definition) is 2. The fourth-order valence-corrected chi connectivity index (χ4v) is 1.21. The lowest BCUT2D eigenvalue weighted by Gasteiger charge is -2.23. The normalized spacial score (nSPS) is 16.0. The Hall–Kier alpha value is -1.24. The number of aromatic nitrogens is 1. The molecule has 0 bridgehead atoms. The average molecular weight is 254 g/mol. The molecule has 1 heterocycles. The molecule has 0 fully saturated rings. The Morgan fingerprint density at radius 3 is 2.24 bits per heavy atom. The van der Waals surface area contributed by atoms with Crippen LogP contribution in [0.25, 0.3) is 0 Å². The van der Waals surface area contributed by atoms with E-state index in [4.69, 9.17) is 5.73 Å². The SMILES string of the molecule is CC(N)(Cc1ccc(C(F)(F)F)nc1)C(F)F. The van der Waals surface area contributed by atoms with Crippen molar-refractivity contribution in [2.24, 2.45) is 5.73 Å². The van der Waals surface area contributed by atoms with Crippen LogP contribution in [0.1, 0.15) is 18.2 Å². The van der Waals surface area contributed by atoms with Crippen molar-refractivity contribution >= 4 is 0 Å². The third-order valence-corrected chi connectivity index (χ3v) is 2.20. The van der Waals surface area contributed by atoms with Crippen molar-refractivity contribution in [3.05, 3.63) is 29.6 Å². The van der Waals surface area contributed by atoms with Crippen LogP contribution in [-0.2, 0) is 12.6 Å². The monoisotopic (exact) mass is 254 g/mol. The second-order valence-corrected chi connectivity index (χ2v) is 4.03. The lowest BCUT2D eigenvalue weighted by atomic mass is 9.95. The van der Waals surface area contributed by atoms with Crippen LogP contribution >= 0.6 is 0 Å². The van der Waals surface area contributed by atoms with E-state index in [1.54, 1.807) is 0 Å². The Labute approximate surface area is 94.6 Å². The molecule has 17 heavy (non-hydrogen) atoms. The predicted octanol–water partition coefficient (Wildman–Crippen LogP) is 2.63. The maximum Gasteiger partial charge on any atom is 0.433 e. The van der Waals surface area contributed by atoms with E-state index in [0.717, 1.165) is 25.3 Å². The van der Waals surface area contributed by atoms with Gasteiger partial charge in [-0.05, 0) is 25.0 Å². The van der Waals surface area contributed by atoms with E-state index >= 15 is 0 Å². The highest BCUT2D eigenvalue weighted by atomic mass is 19.4. The summed E-state index contributed by atoms with van der Waals surface area (Å²) in [6.45, 7) is 1.13. The molecule has 96 valence electrons. The van der Waals surface area contributed by atoms with Crippen molar-refractivity contribution in [1.29, 1.82) is 0 Å². The summed E-state index contributed by atoms with van der Waals surface area (Å²) in [6.07, 6.45) is -6.62. The number of nitrogens with two attached hydrogens (primary N) is 1. The summed E-state index contributed by atoms with van der Waals surface area (Å²) >= 11 is 0. The molecular formula is C10H11F5N2. The maximum absolute atomic E-state index is 12.4. The van der Waals surface area contributed by atoms with E-state index in [9.17, 15) is 22.0 Å². The zero-order valence-electron chi connectivity index (χ0n) is 8.93. The standard InChI is InChI=1S/C10H11F5N2/c1-9(16,8(11)12)4-6-2-3-7(17-5-6)10(13,14)15/h2-3,5,8H,4,16H2,1H3. The van der Waals surface area contributed by atoms with Crippen molar-refractivity contribution in [2.45, 2.75) is 31.5 Å². The quantitative estimate of drug-likeness (QED) is 0.842. The number of rotatable bonds is 3. The van der Waals surface area contributed by atoms with Crippen LogP contribution in [0.3, 0.4) is 0 Å². The molecule has 0 aliphatic heterocycles. The second-order valence-electron chi connectivity index (χ2n) is 4.03. The van der Waals surface area contributed by atoms with Gasteiger partial charge in [-0.2, -0.15) is 13.2 Å². The lowest BCUT2D eigenvalue weighted by Crippen LogP contribution is -2.45. The summed E-state index contributed by atoms with van der Waals surface area (Å²) < 4.78 is 61.4. The van der Waals surface area contributed by atoms with Gasteiger partial charge in [0.05, 0.1) is 5.54 Å². The second kappa shape index (κ2) is 4.56. The molecule has 0 aromatic carbocycles. The van der Waals surface area contributed by atoms with Crippen LogP contribution < -0.4 is 5.73 Å². The molecule has 0 radical (unpaired) electrons. The molecular weight excluding hydrogens is 243 g/mol. The first-order chi connectivity index (χ1) is 7.63. The molecule has 1 unspecified atom stereocenters. The van der Waals surface area contributed by atoms with Crippen LogP contribution in [0.15, 0.2) is 18.3 Å². The average Bonchev–Trinajstić information content (AvgIpc) is 2.16. The molecule has 0 spiro atoms. The van der Waals surface area contributed by atoms with Crippen molar-refractivity contribution in [1.82, 2.24) is 4.98 Å². The van der Waals surface area contributed by atoms with Crippen LogP contribution in [0, 0.1) is 0 Å². The number of alkyl halides is 5. The Morgan fingerprint density at radius 1 is 1.29 bits per heavy atom. The fourth-order valence-electron chi connectivity index (χ4n) is 1.21. The van der Waals surface area contributed by atoms with Gasteiger partial charge in [0.1, 0.15) is 5.69 Å². The van der Waals surface area contributed by atoms with Crippen molar-refractivity contribution in [2.75, 3.05) is 0 Å². The topological polar surface area (TPSA) is 38.9 Å². The zero-order valence-corrected chi connectivity index (χ0v) is 8.93. The van der Waals surface area contributed by atoms with Gasteiger partial charge >= 0.3 is 6.18 Å². The Balaban J connectivity index is 2.83. The highest BCUT2D eigenvalue weighted by Crippen LogP contribution is 2.27. The van der Waals surface area contributed by atoms with Crippen molar-refractivity contribution in [3.8, 4) is 0 Å². The largest absolute Gasteiger partial charge is 0.433 e. The summed E-state index contributed by atoms with van der Waals surface area (Å²) in [7, 11) is 0. The van der Waals surface area contributed by atoms with Gasteiger partial charge in [-0.3, -0.25) is 4.98 Å². The first-order valence-corrected chi connectivity index (χ1v) is 4.72. The molecule has 2 nitrogen and oxygen atoms in total. The van der Waals surface area contributed by atoms with Crippen molar-refractivity contribution < 1.29 is 22.0 Å². The fraction of sp³-hybridized carbons (Fsp3) is 0.500. The number of pyridine rings is 1. The molecule has 0 saturated carbocycles. The molecule has 0 aliphatic carbocycles. The van der Waals surface area contributed by atoms with E-state index in [2.05, 4.69) is 4.98 Å². The van der Waals surface area contributed by atoms with Crippen LogP contribution in [0.5, 0.6) is 0 Å². The van der Waals surface area contributed by atoms with Gasteiger partial charge in [0.25, 0.3) is 6.43 Å². The van der Waals surface area contributed by atoms with Gasteiger partial charge in [-0.15, -0.1) is 0 Å². The summed E-state index contributed by atoms with van der Waals surface area (Å²) in [6, 6.07) is 1.85. The van der Waals surface area contributed by atoms with Crippen LogP contribution in [0.4, 0.5) is 22.0 Å². The predicted molar refractivity (Wildman–Crippen MR) is 51.5 cm³/mol. The van der Waals surface area contributed by atoms with Gasteiger partial charge in [0.2, 0.25) is 0 Å². The molecule has 2 N–H and O–H groups in total. The van der Waals surface area contributed by atoms with Crippen LogP contribution in [0.2, 0.25) is 0 Å². The number of hydrogen-bond donors (Lipinski definition) is 1. The molecule has 0 aliphatic rings. The summed E-state index contributed by atoms with van der Waals surface area (Å²) in [5.41, 5.74) is 2.72. The van der Waals surface area contributed by atoms with Gasteiger partial charge in [0, 0.05) is 6.20 Å². The molecule has 1 rings (SSSR count). The van der Waals surface area contributed by atoms with E-state index in [1.165, 1.54) is 0 Å². The van der Waals surface area contributed by atoms with E-state index in [0.29, 0.717) is 0 Å². The summed E-state index contributed by atoms with van der Waals surface area (Å²) in [4.78, 5) is 3.17. The lowest BCUT2D eigenvalue weighted by molar-refractivity contribution is -0.141. The van der Waals surface area contributed by atoms with Crippen molar-refractivity contribution in [3.63, 3.8) is 0 Å². The first kappa shape index (κ1) is 13.8. The van der Waals surface area contributed by atoms with E-state index < -0.39 is 23.8 Å². The number of halogens is 5. The first-order valence-electron chi connectivity index (χ1n) is 4.72. The Bertz CT molecular complexity index is 369. The van der Waals surface area contributed by atoms with Gasteiger partial charge in [-0.25, -0.2) is 8.78 Å². The molecule has 7 heteroatoms. The molecule has 1 aromatic heterocycles. The zero-order chi connectivity index (χ0) is 13.3. The minimum absolute atomic E-state index is 0.239. The number of nitrogens with zero attached hydrogens (tertiary/aromatic N) is 1. The van der Waals surface area contributed by atoms with Crippen LogP contribution in [-0.4, -0.2) is 16.9 Å². The summed E-state index contributed by atoms with van der Waals surface area (Å²) in [5.74, 6) is 0. The molecule has 1 aromatic rings. The van der Waals surface area contributed by atoms with E-state index in [1.807, 2.05) is 0 Å². The summed E-state index contributed by atoms with van der Waals surface area (Å²) in [5, 5.41) is 0. The highest BCUT2D eigenvalue weighted by Gasteiger charge is 2.33. The smallest absolute Gasteiger partial charge is 0.320 e. The van der Waals surface area contributed by atoms with Gasteiger partial charge in [-0.1, -0.05) is 6.07 Å². The highest BCUT2D eigenvalue weighted by molar-refractivity contribution is 5.18. The molecule has 0 amide bonds. The van der Waals surface area contributed by atoms with E-state index in [-0.39, 0.29) is 12.0 Å². The van der Waals surface area contributed by atoms with Gasteiger partial charge in [0.15, 0.2) is 0 Å². The minimum atomic E-state index is -4.53. The third kappa shape index (κ3) is 3.62. The third-order valence-electron chi connectivity index (χ3n) is 2.20. The molecule has 0 saturated heterocycles.